The second kappa shape index (κ2) is 8.07. The van der Waals surface area contributed by atoms with Crippen LogP contribution < -0.4 is 9.47 Å². The van der Waals surface area contributed by atoms with Gasteiger partial charge in [0.05, 0.1) is 44.0 Å². The third-order valence-corrected chi connectivity index (χ3v) is 7.20. The Bertz CT molecular complexity index is 1190. The average molecular weight is 481 g/mol. The van der Waals surface area contributed by atoms with Crippen LogP contribution in [0.25, 0.3) is 0 Å². The minimum Gasteiger partial charge on any atom is -0.497 e. The molecule has 0 aliphatic carbocycles. The molecule has 5 rings (SSSR count). The van der Waals surface area contributed by atoms with E-state index in [9.17, 15) is 14.4 Å². The van der Waals surface area contributed by atoms with Crippen LogP contribution in [-0.4, -0.2) is 71.8 Å². The van der Waals surface area contributed by atoms with Gasteiger partial charge in [-0.05, 0) is 45.0 Å². The smallest absolute Gasteiger partial charge is 0.262 e. The number of amides is 3. The summed E-state index contributed by atoms with van der Waals surface area (Å²) in [5.41, 5.74) is 0.328. The molecule has 2 aromatic rings. The second-order valence-corrected chi connectivity index (χ2v) is 9.57. The lowest BCUT2D eigenvalue weighted by molar-refractivity contribution is -0.200. The summed E-state index contributed by atoms with van der Waals surface area (Å²) < 4.78 is 22.8. The molecule has 2 saturated heterocycles. The number of methoxy groups -OCH3 is 2. The zero-order valence-corrected chi connectivity index (χ0v) is 20.4. The number of likely N-dealkylation sites (tertiary alicyclic amines) is 1. The molecule has 0 spiro atoms. The summed E-state index contributed by atoms with van der Waals surface area (Å²) in [6.07, 6.45) is -0.561. The van der Waals surface area contributed by atoms with E-state index in [1.165, 1.54) is 0 Å². The molecular weight excluding hydrogens is 452 g/mol. The van der Waals surface area contributed by atoms with E-state index in [-0.39, 0.29) is 19.1 Å². The SMILES string of the molecule is COc1ccc(CN2C(=O)[C@@H](N3C(=O)c4ccccc4C3=O)[C@@]2(C)[C@@H]2COC(C)(C)O2)c(OC)c1. The van der Waals surface area contributed by atoms with Crippen LogP contribution in [0.2, 0.25) is 0 Å². The average Bonchev–Trinajstić information content (AvgIpc) is 3.34. The number of hydrogen-bond acceptors (Lipinski definition) is 7. The van der Waals surface area contributed by atoms with Gasteiger partial charge in [0.2, 0.25) is 5.91 Å². The summed E-state index contributed by atoms with van der Waals surface area (Å²) in [7, 11) is 3.11. The van der Waals surface area contributed by atoms with Crippen LogP contribution in [0.15, 0.2) is 42.5 Å². The summed E-state index contributed by atoms with van der Waals surface area (Å²) in [6.45, 7) is 5.85. The molecular formula is C26H28N2O7. The molecule has 0 radical (unpaired) electrons. The molecule has 184 valence electrons. The van der Waals surface area contributed by atoms with Crippen molar-refractivity contribution < 1.29 is 33.3 Å². The van der Waals surface area contributed by atoms with Gasteiger partial charge in [0.15, 0.2) is 5.79 Å². The lowest BCUT2D eigenvalue weighted by Crippen LogP contribution is -2.82. The van der Waals surface area contributed by atoms with Gasteiger partial charge in [-0.3, -0.25) is 19.3 Å². The van der Waals surface area contributed by atoms with Gasteiger partial charge in [0, 0.05) is 11.6 Å². The van der Waals surface area contributed by atoms with Gasteiger partial charge < -0.3 is 23.8 Å². The van der Waals surface area contributed by atoms with Crippen LogP contribution in [0.4, 0.5) is 0 Å². The van der Waals surface area contributed by atoms with Gasteiger partial charge >= 0.3 is 0 Å². The number of imide groups is 1. The van der Waals surface area contributed by atoms with E-state index in [2.05, 4.69) is 0 Å². The Kier molecular flexibility index (Phi) is 5.37. The Morgan fingerprint density at radius 3 is 2.17 bits per heavy atom. The molecule has 35 heavy (non-hydrogen) atoms. The van der Waals surface area contributed by atoms with E-state index in [1.54, 1.807) is 69.4 Å². The molecule has 2 fully saturated rings. The van der Waals surface area contributed by atoms with Gasteiger partial charge in [0.1, 0.15) is 23.6 Å². The number of benzene rings is 2. The number of fused-ring (bicyclic) bond motifs is 1. The molecule has 0 unspecified atom stereocenters. The van der Waals surface area contributed by atoms with Gasteiger partial charge in [0.25, 0.3) is 11.8 Å². The first kappa shape index (κ1) is 23.3. The summed E-state index contributed by atoms with van der Waals surface area (Å²) in [4.78, 5) is 43.0. The Hall–Kier alpha value is -3.43. The van der Waals surface area contributed by atoms with Crippen LogP contribution in [0.3, 0.4) is 0 Å². The van der Waals surface area contributed by atoms with Crippen LogP contribution in [0, 0.1) is 0 Å². The molecule has 3 amide bonds. The Labute approximate surface area is 203 Å². The van der Waals surface area contributed by atoms with Crippen molar-refractivity contribution in [3.05, 3.63) is 59.2 Å². The number of β-lactam (4-membered cyclic amide) rings is 1. The summed E-state index contributed by atoms with van der Waals surface area (Å²) in [6, 6.07) is 11.0. The van der Waals surface area contributed by atoms with E-state index in [4.69, 9.17) is 18.9 Å². The molecule has 3 aliphatic rings. The van der Waals surface area contributed by atoms with Crippen molar-refractivity contribution in [1.82, 2.24) is 9.80 Å². The zero-order chi connectivity index (χ0) is 25.1. The predicted octanol–water partition coefficient (Wildman–Crippen LogP) is 2.62. The molecule has 0 aromatic heterocycles. The minimum absolute atomic E-state index is 0.197. The monoisotopic (exact) mass is 480 g/mol. The standard InChI is InChI=1S/C26H28N2O7/c1-25(2)34-14-20(35-25)26(3)21(28-22(29)17-8-6-7-9-18(17)23(28)30)24(31)27(26)13-15-10-11-16(32-4)12-19(15)33-5/h6-12,20-21H,13-14H2,1-5H3/t20-,21+,26+/m0/s1. The summed E-state index contributed by atoms with van der Waals surface area (Å²) >= 11 is 0. The van der Waals surface area contributed by atoms with Crippen molar-refractivity contribution in [2.24, 2.45) is 0 Å². The first-order valence-electron chi connectivity index (χ1n) is 11.4. The third kappa shape index (κ3) is 3.41. The highest BCUT2D eigenvalue weighted by atomic mass is 16.7. The molecule has 3 atom stereocenters. The van der Waals surface area contributed by atoms with Crippen molar-refractivity contribution in [2.45, 2.75) is 50.8 Å². The highest BCUT2D eigenvalue weighted by Gasteiger charge is 2.68. The van der Waals surface area contributed by atoms with Crippen LogP contribution in [0.1, 0.15) is 47.1 Å². The van der Waals surface area contributed by atoms with Crippen LogP contribution >= 0.6 is 0 Å². The molecule has 2 aromatic carbocycles. The maximum atomic E-state index is 13.7. The van der Waals surface area contributed by atoms with E-state index in [0.717, 1.165) is 10.5 Å². The van der Waals surface area contributed by atoms with Crippen molar-refractivity contribution in [1.29, 1.82) is 0 Å². The minimum atomic E-state index is -1.03. The number of rotatable bonds is 6. The summed E-state index contributed by atoms with van der Waals surface area (Å²) in [5, 5.41) is 0. The topological polar surface area (TPSA) is 94.6 Å². The maximum Gasteiger partial charge on any atom is 0.262 e. The number of hydrogen-bond donors (Lipinski definition) is 0. The van der Waals surface area contributed by atoms with E-state index in [1.807, 2.05) is 13.0 Å². The highest BCUT2D eigenvalue weighted by molar-refractivity contribution is 6.23. The first-order valence-corrected chi connectivity index (χ1v) is 11.4. The van der Waals surface area contributed by atoms with E-state index < -0.39 is 35.3 Å². The fourth-order valence-electron chi connectivity index (χ4n) is 5.26. The maximum absolute atomic E-state index is 13.7. The predicted molar refractivity (Wildman–Crippen MR) is 124 cm³/mol. The molecule has 0 N–H and O–H groups in total. The Balaban J connectivity index is 1.53. The van der Waals surface area contributed by atoms with Gasteiger partial charge in [-0.15, -0.1) is 0 Å². The van der Waals surface area contributed by atoms with Crippen molar-refractivity contribution in [2.75, 3.05) is 20.8 Å². The molecule has 0 saturated carbocycles. The molecule has 3 heterocycles. The number of ether oxygens (including phenoxy) is 4. The lowest BCUT2D eigenvalue weighted by Gasteiger charge is -2.59. The second-order valence-electron chi connectivity index (χ2n) is 9.57. The van der Waals surface area contributed by atoms with Gasteiger partial charge in [-0.25, -0.2) is 0 Å². The quantitative estimate of drug-likeness (QED) is 0.463. The number of carbonyl (C=O) groups excluding carboxylic acids is 3. The van der Waals surface area contributed by atoms with Crippen molar-refractivity contribution >= 4 is 17.7 Å². The van der Waals surface area contributed by atoms with E-state index in [0.29, 0.717) is 22.6 Å². The van der Waals surface area contributed by atoms with Crippen LogP contribution in [-0.2, 0) is 20.8 Å². The molecule has 9 heteroatoms. The van der Waals surface area contributed by atoms with Gasteiger partial charge in [-0.1, -0.05) is 12.1 Å². The zero-order valence-electron chi connectivity index (χ0n) is 20.4. The first-order chi connectivity index (χ1) is 16.6. The fourth-order valence-corrected chi connectivity index (χ4v) is 5.26. The van der Waals surface area contributed by atoms with Crippen LogP contribution in [0.5, 0.6) is 11.5 Å². The summed E-state index contributed by atoms with van der Waals surface area (Å²) in [5.74, 6) is -0.963. The Morgan fingerprint density at radius 1 is 0.971 bits per heavy atom. The molecule has 0 bridgehead atoms. The normalized spacial score (nSPS) is 27.2. The van der Waals surface area contributed by atoms with Gasteiger partial charge in [-0.2, -0.15) is 0 Å². The fraction of sp³-hybridized carbons (Fsp3) is 0.423. The highest BCUT2D eigenvalue weighted by Crippen LogP contribution is 2.47. The largest absolute Gasteiger partial charge is 0.497 e. The molecule has 9 nitrogen and oxygen atoms in total. The molecule has 3 aliphatic heterocycles. The number of carbonyl (C=O) groups is 3. The van der Waals surface area contributed by atoms with Crippen molar-refractivity contribution in [3.8, 4) is 11.5 Å². The third-order valence-electron chi connectivity index (χ3n) is 7.20. The number of nitrogens with zero attached hydrogens (tertiary/aromatic N) is 2. The Morgan fingerprint density at radius 2 is 1.63 bits per heavy atom. The van der Waals surface area contributed by atoms with Crippen molar-refractivity contribution in [3.63, 3.8) is 0 Å². The van der Waals surface area contributed by atoms with E-state index >= 15 is 0 Å². The lowest BCUT2D eigenvalue weighted by atomic mass is 9.74.